The first kappa shape index (κ1) is 70.9. The van der Waals surface area contributed by atoms with Gasteiger partial charge in [-0.25, -0.2) is 0 Å². The van der Waals surface area contributed by atoms with Crippen LogP contribution in [0.4, 0.5) is 0 Å². The molecule has 1 aromatic carbocycles. The number of benzene rings is 1. The highest BCUT2D eigenvalue weighted by Gasteiger charge is 2.52. The minimum Gasteiger partial charge on any atom is -0.274 e. The molecule has 0 radical (unpaired) electrons. The maximum absolute atomic E-state index is 13.9. The molecular weight excluding hydrogens is 1280 g/mol. The summed E-state index contributed by atoms with van der Waals surface area (Å²) >= 11 is 11.1. The first-order chi connectivity index (χ1) is 44.7. The average Bonchev–Trinajstić information content (AvgIpc) is 1.55. The number of carbonyl (C=O) groups is 4. The molecule has 0 spiro atoms. The summed E-state index contributed by atoms with van der Waals surface area (Å²) in [5.74, 6) is 1.17. The van der Waals surface area contributed by atoms with Crippen LogP contribution in [-0.4, -0.2) is 62.7 Å². The Morgan fingerprint density at radius 3 is 1.25 bits per heavy atom. The number of imide groups is 2. The summed E-state index contributed by atoms with van der Waals surface area (Å²) in [5, 5.41) is 8.02. The highest BCUT2D eigenvalue weighted by Crippen LogP contribution is 2.52. The van der Waals surface area contributed by atoms with E-state index in [9.17, 15) is 19.2 Å². The molecular formula is C78H106N2O4S6Si2. The summed E-state index contributed by atoms with van der Waals surface area (Å²) in [6, 6.07) is 25.4. The van der Waals surface area contributed by atoms with Crippen molar-refractivity contribution in [2.75, 3.05) is 13.1 Å². The van der Waals surface area contributed by atoms with Gasteiger partial charge >= 0.3 is 0 Å². The zero-order valence-corrected chi connectivity index (χ0v) is 64.6. The van der Waals surface area contributed by atoms with Gasteiger partial charge in [0.25, 0.3) is 23.6 Å². The zero-order chi connectivity index (χ0) is 65.3. The van der Waals surface area contributed by atoms with Crippen LogP contribution in [0.1, 0.15) is 276 Å². The van der Waals surface area contributed by atoms with Crippen molar-refractivity contribution in [2.45, 2.75) is 261 Å². The van der Waals surface area contributed by atoms with Crippen molar-refractivity contribution in [1.82, 2.24) is 9.80 Å². The van der Waals surface area contributed by atoms with Gasteiger partial charge in [0.15, 0.2) is 8.07 Å². The second-order valence-corrected chi connectivity index (χ2v) is 42.6. The fraction of sp³-hybridized carbons (Fsp3) is 0.564. The number of hydrogen-bond donors (Lipinski definition) is 0. The van der Waals surface area contributed by atoms with Gasteiger partial charge in [0.1, 0.15) is 8.07 Å². The third kappa shape index (κ3) is 14.3. The van der Waals surface area contributed by atoms with Crippen LogP contribution in [0.25, 0.3) is 39.0 Å². The molecule has 6 nitrogen and oxygen atoms in total. The number of rotatable bonds is 36. The van der Waals surface area contributed by atoms with Crippen LogP contribution in [-0.2, 0) is 0 Å². The van der Waals surface area contributed by atoms with Gasteiger partial charge in [-0.15, -0.1) is 68.0 Å². The van der Waals surface area contributed by atoms with Crippen LogP contribution < -0.4 is 25.9 Å². The monoisotopic (exact) mass is 1380 g/mol. The van der Waals surface area contributed by atoms with E-state index in [-0.39, 0.29) is 23.6 Å². The maximum atomic E-state index is 13.9. The molecule has 0 bridgehead atoms. The Hall–Kier alpha value is -3.87. The smallest absolute Gasteiger partial charge is 0.263 e. The van der Waals surface area contributed by atoms with Crippen LogP contribution in [0.2, 0.25) is 18.1 Å². The molecule has 0 saturated carbocycles. The number of fused-ring (bicyclic) bond motifs is 8. The lowest BCUT2D eigenvalue weighted by atomic mass is 10.0. The molecule has 496 valence electrons. The molecule has 10 heterocycles. The van der Waals surface area contributed by atoms with Crippen LogP contribution in [0.3, 0.4) is 0 Å². The summed E-state index contributed by atoms with van der Waals surface area (Å²) in [7, 11) is -4.31. The van der Waals surface area contributed by atoms with Crippen molar-refractivity contribution in [3.63, 3.8) is 0 Å². The zero-order valence-electron chi connectivity index (χ0n) is 57.7. The van der Waals surface area contributed by atoms with Crippen LogP contribution in [0.15, 0.2) is 54.6 Å². The Kier molecular flexibility index (Phi) is 25.0. The number of hydrogen-bond acceptors (Lipinski definition) is 10. The summed E-state index contributed by atoms with van der Waals surface area (Å²) in [6.07, 6.45) is 32.0. The van der Waals surface area contributed by atoms with E-state index in [0.717, 1.165) is 51.1 Å². The van der Waals surface area contributed by atoms with Gasteiger partial charge < -0.3 is 0 Å². The Morgan fingerprint density at radius 1 is 0.380 bits per heavy atom. The van der Waals surface area contributed by atoms with Gasteiger partial charge in [0.05, 0.1) is 32.0 Å². The summed E-state index contributed by atoms with van der Waals surface area (Å²) in [5.41, 5.74) is 2.70. The summed E-state index contributed by atoms with van der Waals surface area (Å²) < 4.78 is 0. The van der Waals surface area contributed by atoms with E-state index >= 15 is 0 Å². The normalized spacial score (nSPS) is 17.6. The Morgan fingerprint density at radius 2 is 0.761 bits per heavy atom. The molecule has 4 amide bonds. The Balaban J connectivity index is 0.000000202. The van der Waals surface area contributed by atoms with E-state index in [0.29, 0.717) is 41.3 Å². The van der Waals surface area contributed by atoms with Crippen LogP contribution in [0, 0.1) is 39.5 Å². The molecule has 14 heteroatoms. The first-order valence-electron chi connectivity index (χ1n) is 36.2. The SMILES string of the molecule is CCCCCCCCN1C(=O)c2c(C)sc(-c3cc4c(s3)-c3sc(C)cc3[Si]4(CC(CC)CCCC)c3ccccc3)c2C1=O.CCCCCCCCN1C(=O)c2c(C)sc(-c3cc4c(s3)-c3sc(C)cc3[Si]4(CCCCCCCC)CC(CC)CCCC)c2C1=O. The maximum Gasteiger partial charge on any atom is 0.263 e. The summed E-state index contributed by atoms with van der Waals surface area (Å²) in [6.45, 7) is 25.9. The molecule has 4 unspecified atom stereocenters. The van der Waals surface area contributed by atoms with Crippen molar-refractivity contribution < 1.29 is 19.2 Å². The largest absolute Gasteiger partial charge is 0.274 e. The number of thiophene rings is 6. The third-order valence-electron chi connectivity index (χ3n) is 21.0. The Labute approximate surface area is 579 Å². The minimum atomic E-state index is -2.31. The van der Waals surface area contributed by atoms with E-state index in [1.807, 2.05) is 59.2 Å². The van der Waals surface area contributed by atoms with Gasteiger partial charge in [-0.1, -0.05) is 233 Å². The molecule has 0 aliphatic carbocycles. The number of unbranched alkanes of at least 4 members (excludes halogenated alkanes) is 17. The Bertz CT molecular complexity index is 3670. The molecule has 4 atom stereocenters. The standard InChI is InChI=1S/C40H59NO2S3Si.C38H47NO2S3Si/c1-7-11-14-16-18-20-23-41-39(42)34-29(6)45-36(35(34)40(41)43)31-26-33-38(46-31)37-32(25-28(5)44-37)47(33,24-21-19-17-15-12-8-2)27-30(10-4)22-13-9-3;1-6-9-11-12-13-17-21-39-37(40)32-26(5)43-34(33(32)38(39)41)29-23-31-36(44-29)35-30(22-25(4)42-35)45(31,28-19-15-14-16-20-28)24-27(8-3)18-10-7-2/h25-26,30H,7-24,27H2,1-6H3;14-16,19-20,22-23,27H,6-13,17-18,21,24H2,1-5H3. The molecule has 6 aromatic heterocycles. The first-order valence-corrected chi connectivity index (χ1v) is 45.7. The molecule has 0 saturated heterocycles. The van der Waals surface area contributed by atoms with Gasteiger partial charge in [-0.05, 0) is 121 Å². The predicted octanol–water partition coefficient (Wildman–Crippen LogP) is 22.0. The van der Waals surface area contributed by atoms with E-state index in [1.54, 1.807) is 48.0 Å². The molecule has 0 fully saturated rings. The van der Waals surface area contributed by atoms with E-state index in [2.05, 4.69) is 117 Å². The molecule has 92 heavy (non-hydrogen) atoms. The lowest BCUT2D eigenvalue weighted by Crippen LogP contribution is -2.65. The molecule has 0 N–H and O–H groups in total. The highest BCUT2D eigenvalue weighted by molar-refractivity contribution is 7.34. The second-order valence-electron chi connectivity index (χ2n) is 27.6. The van der Waals surface area contributed by atoms with Crippen LogP contribution >= 0.6 is 68.0 Å². The van der Waals surface area contributed by atoms with Crippen molar-refractivity contribution in [2.24, 2.45) is 11.8 Å². The fourth-order valence-corrected chi connectivity index (χ4v) is 37.7. The lowest BCUT2D eigenvalue weighted by molar-refractivity contribution is 0.0636. The van der Waals surface area contributed by atoms with Crippen molar-refractivity contribution in [3.8, 4) is 39.0 Å². The van der Waals surface area contributed by atoms with Crippen LogP contribution in [0.5, 0.6) is 0 Å². The molecule has 11 rings (SSSR count). The summed E-state index contributed by atoms with van der Waals surface area (Å²) in [4.78, 5) is 73.3. The van der Waals surface area contributed by atoms with E-state index in [1.165, 1.54) is 209 Å². The van der Waals surface area contributed by atoms with Gasteiger partial charge in [-0.3, -0.25) is 29.0 Å². The molecule has 4 aliphatic heterocycles. The lowest BCUT2D eigenvalue weighted by Gasteiger charge is -2.33. The number of nitrogens with zero attached hydrogens (tertiary/aromatic N) is 2. The number of aryl methyl sites for hydroxylation is 4. The topological polar surface area (TPSA) is 74.8 Å². The molecule has 7 aromatic rings. The van der Waals surface area contributed by atoms with Crippen molar-refractivity contribution >= 4 is 134 Å². The quantitative estimate of drug-likeness (QED) is 0.0223. The fourth-order valence-electron chi connectivity index (χ4n) is 15.9. The second kappa shape index (κ2) is 32.5. The number of amides is 4. The predicted molar refractivity (Wildman–Crippen MR) is 409 cm³/mol. The van der Waals surface area contributed by atoms with Gasteiger partial charge in [0, 0.05) is 61.9 Å². The van der Waals surface area contributed by atoms with Crippen molar-refractivity contribution in [1.29, 1.82) is 0 Å². The van der Waals surface area contributed by atoms with Crippen molar-refractivity contribution in [3.05, 3.63) is 96.4 Å². The highest BCUT2D eigenvalue weighted by atomic mass is 32.1. The average molecular weight is 1380 g/mol. The van der Waals surface area contributed by atoms with E-state index < -0.39 is 16.1 Å². The van der Waals surface area contributed by atoms with Gasteiger partial charge in [-0.2, -0.15) is 0 Å². The third-order valence-corrected chi connectivity index (χ3v) is 39.5. The minimum absolute atomic E-state index is 0.0553. The molecule has 4 aliphatic rings. The number of carbonyl (C=O) groups excluding carboxylic acids is 4. The van der Waals surface area contributed by atoms with Gasteiger partial charge in [0.2, 0.25) is 0 Å². The van der Waals surface area contributed by atoms with E-state index in [4.69, 9.17) is 0 Å².